The number of para-hydroxylation sites is 2. The van der Waals surface area contributed by atoms with Gasteiger partial charge in [0.2, 0.25) is 5.91 Å². The third kappa shape index (κ3) is 4.49. The molecule has 0 aromatic heterocycles. The fourth-order valence-electron chi connectivity index (χ4n) is 3.97. The minimum Gasteiger partial charge on any atom is -0.369 e. The first kappa shape index (κ1) is 20.4. The molecule has 0 unspecified atom stereocenters. The summed E-state index contributed by atoms with van der Waals surface area (Å²) in [6.45, 7) is 4.50. The van der Waals surface area contributed by atoms with Crippen molar-refractivity contribution in [2.75, 3.05) is 50.1 Å². The quantitative estimate of drug-likeness (QED) is 0.802. The highest BCUT2D eigenvalue weighted by molar-refractivity contribution is 6.05. The number of piperazine rings is 1. The van der Waals surface area contributed by atoms with Crippen LogP contribution in [0.3, 0.4) is 0 Å². The molecule has 1 N–H and O–H groups in total. The van der Waals surface area contributed by atoms with Crippen molar-refractivity contribution < 1.29 is 9.59 Å². The minimum atomic E-state index is -0.158. The molecule has 158 valence electrons. The molecule has 2 aromatic rings. The number of amides is 2. The number of carbonyl (C=O) groups is 2. The van der Waals surface area contributed by atoms with Crippen molar-refractivity contribution in [2.45, 2.75) is 19.4 Å². The van der Waals surface area contributed by atoms with Gasteiger partial charge in [-0.05, 0) is 43.7 Å². The van der Waals surface area contributed by atoms with E-state index < -0.39 is 0 Å². The van der Waals surface area contributed by atoms with E-state index in [4.69, 9.17) is 0 Å². The van der Waals surface area contributed by atoms with Crippen LogP contribution < -0.4 is 15.1 Å². The van der Waals surface area contributed by atoms with E-state index in [1.54, 1.807) is 18.0 Å². The number of nitrogens with one attached hydrogen (secondary N) is 1. The van der Waals surface area contributed by atoms with Crippen LogP contribution in [0.5, 0.6) is 0 Å². The van der Waals surface area contributed by atoms with E-state index in [1.807, 2.05) is 30.3 Å². The lowest BCUT2D eigenvalue weighted by atomic mass is 10.1. The van der Waals surface area contributed by atoms with Crippen LogP contribution in [0, 0.1) is 5.92 Å². The first-order valence-electron chi connectivity index (χ1n) is 10.7. The number of rotatable bonds is 6. The Morgan fingerprint density at radius 1 is 1.00 bits per heavy atom. The monoisotopic (exact) mass is 406 g/mol. The Labute approximate surface area is 178 Å². The number of likely N-dealkylation sites (N-methyl/N-ethyl adjacent to an activating group) is 1. The molecule has 0 spiro atoms. The van der Waals surface area contributed by atoms with E-state index in [9.17, 15) is 9.59 Å². The zero-order chi connectivity index (χ0) is 21.1. The molecule has 2 fully saturated rings. The molecule has 1 saturated carbocycles. The van der Waals surface area contributed by atoms with Gasteiger partial charge in [-0.2, -0.15) is 0 Å². The summed E-state index contributed by atoms with van der Waals surface area (Å²) in [6, 6.07) is 15.6. The number of carbonyl (C=O) groups excluding carboxylic acids is 2. The zero-order valence-electron chi connectivity index (χ0n) is 17.8. The summed E-state index contributed by atoms with van der Waals surface area (Å²) >= 11 is 0. The van der Waals surface area contributed by atoms with E-state index in [2.05, 4.69) is 34.3 Å². The van der Waals surface area contributed by atoms with Crippen LogP contribution in [0.15, 0.2) is 48.5 Å². The average molecular weight is 407 g/mol. The highest BCUT2D eigenvalue weighted by atomic mass is 16.2. The van der Waals surface area contributed by atoms with Crippen LogP contribution in [0.2, 0.25) is 0 Å². The van der Waals surface area contributed by atoms with Crippen LogP contribution in [0.25, 0.3) is 0 Å². The summed E-state index contributed by atoms with van der Waals surface area (Å²) in [6.07, 6.45) is 1.89. The molecule has 1 heterocycles. The molecule has 2 amide bonds. The van der Waals surface area contributed by atoms with Crippen molar-refractivity contribution in [1.29, 1.82) is 0 Å². The first-order valence-corrected chi connectivity index (χ1v) is 10.7. The number of hydrogen-bond acceptors (Lipinski definition) is 4. The molecular weight excluding hydrogens is 376 g/mol. The van der Waals surface area contributed by atoms with Gasteiger partial charge < -0.3 is 20.0 Å². The Balaban J connectivity index is 1.47. The maximum atomic E-state index is 13.0. The molecule has 2 aromatic carbocycles. The van der Waals surface area contributed by atoms with Gasteiger partial charge in [-0.15, -0.1) is 0 Å². The molecule has 30 heavy (non-hydrogen) atoms. The van der Waals surface area contributed by atoms with Gasteiger partial charge in [0.25, 0.3) is 5.91 Å². The van der Waals surface area contributed by atoms with Gasteiger partial charge in [-0.25, -0.2) is 0 Å². The molecule has 6 heteroatoms. The number of nitrogens with zero attached hydrogens (tertiary/aromatic N) is 3. The standard InChI is InChI=1S/C24H30N4O2/c1-26-13-15-28(16-14-26)21-9-5-3-7-19(21)17-25-23(29)20-8-4-6-10-22(20)27(2)24(30)18-11-12-18/h3-10,18H,11-17H2,1-2H3,(H,25,29). The number of benzene rings is 2. The summed E-state index contributed by atoms with van der Waals surface area (Å²) in [5.74, 6) is 0.0477. The van der Waals surface area contributed by atoms with Crippen molar-refractivity contribution in [3.8, 4) is 0 Å². The van der Waals surface area contributed by atoms with E-state index in [1.165, 1.54) is 5.69 Å². The van der Waals surface area contributed by atoms with Gasteiger partial charge in [-0.1, -0.05) is 30.3 Å². The van der Waals surface area contributed by atoms with Gasteiger partial charge in [0.15, 0.2) is 0 Å². The van der Waals surface area contributed by atoms with E-state index in [0.29, 0.717) is 17.8 Å². The highest BCUT2D eigenvalue weighted by Gasteiger charge is 2.33. The maximum Gasteiger partial charge on any atom is 0.253 e. The Morgan fingerprint density at radius 3 is 2.40 bits per heavy atom. The summed E-state index contributed by atoms with van der Waals surface area (Å²) in [4.78, 5) is 31.8. The molecular formula is C24H30N4O2. The molecule has 0 atom stereocenters. The van der Waals surface area contributed by atoms with Crippen LogP contribution >= 0.6 is 0 Å². The Kier molecular flexibility index (Phi) is 6.04. The highest BCUT2D eigenvalue weighted by Crippen LogP contribution is 2.33. The topological polar surface area (TPSA) is 55.9 Å². The van der Waals surface area contributed by atoms with Crippen LogP contribution in [-0.2, 0) is 11.3 Å². The number of anilines is 2. The van der Waals surface area contributed by atoms with Crippen molar-refractivity contribution in [1.82, 2.24) is 10.2 Å². The fourth-order valence-corrected chi connectivity index (χ4v) is 3.97. The lowest BCUT2D eigenvalue weighted by molar-refractivity contribution is -0.119. The maximum absolute atomic E-state index is 13.0. The lowest BCUT2D eigenvalue weighted by Crippen LogP contribution is -2.45. The molecule has 1 aliphatic heterocycles. The van der Waals surface area contributed by atoms with Gasteiger partial charge in [-0.3, -0.25) is 9.59 Å². The van der Waals surface area contributed by atoms with Crippen LogP contribution in [0.1, 0.15) is 28.8 Å². The molecule has 2 aliphatic rings. The molecule has 6 nitrogen and oxygen atoms in total. The second-order valence-electron chi connectivity index (χ2n) is 8.29. The Hall–Kier alpha value is -2.86. The Bertz CT molecular complexity index is 917. The normalized spacial score (nSPS) is 16.9. The van der Waals surface area contributed by atoms with Crippen molar-refractivity contribution in [3.05, 3.63) is 59.7 Å². The molecule has 4 rings (SSSR count). The molecule has 0 bridgehead atoms. The van der Waals surface area contributed by atoms with Gasteiger partial charge in [0.05, 0.1) is 11.3 Å². The van der Waals surface area contributed by atoms with Crippen molar-refractivity contribution in [2.24, 2.45) is 5.92 Å². The van der Waals surface area contributed by atoms with E-state index in [0.717, 1.165) is 44.6 Å². The minimum absolute atomic E-state index is 0.0932. The third-order valence-electron chi connectivity index (χ3n) is 6.04. The first-order chi connectivity index (χ1) is 14.5. The van der Waals surface area contributed by atoms with E-state index in [-0.39, 0.29) is 17.7 Å². The summed E-state index contributed by atoms with van der Waals surface area (Å²) in [5.41, 5.74) is 3.49. The SMILES string of the molecule is CN1CCN(c2ccccc2CNC(=O)c2ccccc2N(C)C(=O)C2CC2)CC1. The van der Waals surface area contributed by atoms with Crippen LogP contribution in [0.4, 0.5) is 11.4 Å². The van der Waals surface area contributed by atoms with Crippen molar-refractivity contribution >= 4 is 23.2 Å². The largest absolute Gasteiger partial charge is 0.369 e. The second-order valence-corrected chi connectivity index (χ2v) is 8.29. The summed E-state index contributed by atoms with van der Waals surface area (Å²) < 4.78 is 0. The van der Waals surface area contributed by atoms with E-state index >= 15 is 0 Å². The summed E-state index contributed by atoms with van der Waals surface area (Å²) in [7, 11) is 3.90. The third-order valence-corrected chi connectivity index (χ3v) is 6.04. The van der Waals surface area contributed by atoms with Gasteiger partial charge in [0.1, 0.15) is 0 Å². The van der Waals surface area contributed by atoms with Gasteiger partial charge >= 0.3 is 0 Å². The molecule has 1 saturated heterocycles. The van der Waals surface area contributed by atoms with Crippen LogP contribution in [-0.4, -0.2) is 57.0 Å². The van der Waals surface area contributed by atoms with Crippen molar-refractivity contribution in [3.63, 3.8) is 0 Å². The Morgan fingerprint density at radius 2 is 1.67 bits per heavy atom. The second kappa shape index (κ2) is 8.88. The summed E-state index contributed by atoms with van der Waals surface area (Å²) in [5, 5.41) is 3.07. The average Bonchev–Trinajstić information content (AvgIpc) is 3.63. The fraction of sp³-hybridized carbons (Fsp3) is 0.417. The predicted molar refractivity (Wildman–Crippen MR) is 120 cm³/mol. The zero-order valence-corrected chi connectivity index (χ0v) is 17.8. The smallest absolute Gasteiger partial charge is 0.253 e. The predicted octanol–water partition coefficient (Wildman–Crippen LogP) is 2.74. The van der Waals surface area contributed by atoms with Gasteiger partial charge in [0, 0.05) is 51.4 Å². The lowest BCUT2D eigenvalue weighted by Gasteiger charge is -2.35. The molecule has 1 aliphatic carbocycles. The molecule has 0 radical (unpaired) electrons. The number of hydrogen-bond donors (Lipinski definition) is 1.